The number of halogens is 1. The summed E-state index contributed by atoms with van der Waals surface area (Å²) >= 11 is 0. The van der Waals surface area contributed by atoms with E-state index < -0.39 is 0 Å². The molecule has 1 saturated heterocycles. The van der Waals surface area contributed by atoms with E-state index in [9.17, 15) is 9.18 Å². The predicted molar refractivity (Wildman–Crippen MR) is 103 cm³/mol. The van der Waals surface area contributed by atoms with E-state index in [4.69, 9.17) is 0 Å². The molecule has 1 amide bonds. The van der Waals surface area contributed by atoms with Gasteiger partial charge in [-0.05, 0) is 35.6 Å². The van der Waals surface area contributed by atoms with E-state index in [1.54, 1.807) is 12.1 Å². The number of carbonyl (C=O) groups is 1. The molecule has 1 unspecified atom stereocenters. The molecule has 0 aliphatic carbocycles. The molecule has 4 heteroatoms. The molecule has 1 heterocycles. The molecule has 1 aliphatic heterocycles. The highest BCUT2D eigenvalue weighted by Gasteiger charge is 2.22. The summed E-state index contributed by atoms with van der Waals surface area (Å²) in [5, 5.41) is 0. The number of benzene rings is 2. The minimum Gasteiger partial charge on any atom is -0.340 e. The second-order valence-electron chi connectivity index (χ2n) is 7.11. The van der Waals surface area contributed by atoms with E-state index in [2.05, 4.69) is 29.2 Å². The van der Waals surface area contributed by atoms with Crippen molar-refractivity contribution in [2.45, 2.75) is 25.7 Å². The van der Waals surface area contributed by atoms with Crippen LogP contribution in [0.3, 0.4) is 0 Å². The molecule has 2 aromatic rings. The number of hydrogen-bond acceptors (Lipinski definition) is 2. The third kappa shape index (κ3) is 5.15. The van der Waals surface area contributed by atoms with E-state index in [0.29, 0.717) is 6.42 Å². The average molecular weight is 354 g/mol. The lowest BCUT2D eigenvalue weighted by atomic mass is 9.97. The van der Waals surface area contributed by atoms with Crippen molar-refractivity contribution in [2.75, 3.05) is 32.7 Å². The molecule has 0 bridgehead atoms. The fourth-order valence-corrected chi connectivity index (χ4v) is 3.45. The Labute approximate surface area is 155 Å². The van der Waals surface area contributed by atoms with Crippen LogP contribution in [0.5, 0.6) is 0 Å². The highest BCUT2D eigenvalue weighted by atomic mass is 19.1. The molecule has 26 heavy (non-hydrogen) atoms. The number of rotatable bonds is 6. The van der Waals surface area contributed by atoms with Gasteiger partial charge in [0.05, 0.1) is 0 Å². The molecule has 0 saturated carbocycles. The van der Waals surface area contributed by atoms with E-state index in [-0.39, 0.29) is 17.6 Å². The van der Waals surface area contributed by atoms with Crippen molar-refractivity contribution in [3.05, 3.63) is 71.5 Å². The third-order valence-corrected chi connectivity index (χ3v) is 5.20. The minimum atomic E-state index is -0.237. The van der Waals surface area contributed by atoms with E-state index in [0.717, 1.165) is 44.7 Å². The molecule has 3 nitrogen and oxygen atoms in total. The van der Waals surface area contributed by atoms with Crippen LogP contribution < -0.4 is 0 Å². The van der Waals surface area contributed by atoms with Gasteiger partial charge in [-0.15, -0.1) is 0 Å². The summed E-state index contributed by atoms with van der Waals surface area (Å²) in [6, 6.07) is 17.0. The molecule has 1 atom stereocenters. The molecule has 1 aliphatic rings. The number of carbonyl (C=O) groups excluding carboxylic acids is 1. The summed E-state index contributed by atoms with van der Waals surface area (Å²) in [6.45, 7) is 6.53. The van der Waals surface area contributed by atoms with Gasteiger partial charge in [-0.1, -0.05) is 49.4 Å². The van der Waals surface area contributed by atoms with Crippen LogP contribution in [0.1, 0.15) is 30.4 Å². The van der Waals surface area contributed by atoms with E-state index in [1.807, 2.05) is 17.9 Å². The Morgan fingerprint density at radius 3 is 2.31 bits per heavy atom. The molecule has 0 aromatic heterocycles. The van der Waals surface area contributed by atoms with Gasteiger partial charge in [0.1, 0.15) is 5.82 Å². The van der Waals surface area contributed by atoms with Crippen LogP contribution in [0.2, 0.25) is 0 Å². The van der Waals surface area contributed by atoms with Crippen molar-refractivity contribution >= 4 is 5.91 Å². The van der Waals surface area contributed by atoms with Crippen molar-refractivity contribution in [1.29, 1.82) is 0 Å². The SMILES string of the molecule is CC(CC(=O)N1CCN(CCc2ccccc2)CC1)c1ccc(F)cc1. The zero-order valence-corrected chi connectivity index (χ0v) is 15.4. The summed E-state index contributed by atoms with van der Waals surface area (Å²) in [6.07, 6.45) is 1.53. The first-order valence-corrected chi connectivity index (χ1v) is 9.41. The second kappa shape index (κ2) is 8.95. The second-order valence-corrected chi connectivity index (χ2v) is 7.11. The normalized spacial score (nSPS) is 16.5. The number of nitrogens with zero attached hydrogens (tertiary/aromatic N) is 2. The van der Waals surface area contributed by atoms with Gasteiger partial charge in [-0.3, -0.25) is 9.69 Å². The Morgan fingerprint density at radius 2 is 1.65 bits per heavy atom. The highest BCUT2D eigenvalue weighted by Crippen LogP contribution is 2.21. The van der Waals surface area contributed by atoms with Gasteiger partial charge in [0.2, 0.25) is 5.91 Å². The molecule has 0 spiro atoms. The molecule has 0 radical (unpaired) electrons. The maximum atomic E-state index is 13.0. The summed E-state index contributed by atoms with van der Waals surface area (Å²) < 4.78 is 13.0. The first-order valence-electron chi connectivity index (χ1n) is 9.41. The largest absolute Gasteiger partial charge is 0.340 e. The first-order chi connectivity index (χ1) is 12.6. The Kier molecular flexibility index (Phi) is 6.40. The maximum absolute atomic E-state index is 13.0. The monoisotopic (exact) mass is 354 g/mol. The van der Waals surface area contributed by atoms with Crippen molar-refractivity contribution in [3.8, 4) is 0 Å². The lowest BCUT2D eigenvalue weighted by molar-refractivity contribution is -0.133. The van der Waals surface area contributed by atoms with E-state index >= 15 is 0 Å². The van der Waals surface area contributed by atoms with Gasteiger partial charge in [-0.25, -0.2) is 4.39 Å². The zero-order chi connectivity index (χ0) is 18.4. The Bertz CT molecular complexity index is 694. The maximum Gasteiger partial charge on any atom is 0.223 e. The van der Waals surface area contributed by atoms with Crippen LogP contribution in [0.4, 0.5) is 4.39 Å². The zero-order valence-electron chi connectivity index (χ0n) is 15.4. The van der Waals surface area contributed by atoms with Crippen LogP contribution in [0, 0.1) is 5.82 Å². The lowest BCUT2D eigenvalue weighted by Crippen LogP contribution is -2.49. The van der Waals surface area contributed by atoms with Crippen molar-refractivity contribution in [1.82, 2.24) is 9.80 Å². The van der Waals surface area contributed by atoms with Crippen molar-refractivity contribution in [2.24, 2.45) is 0 Å². The van der Waals surface area contributed by atoms with Crippen LogP contribution in [0.25, 0.3) is 0 Å². The standard InChI is InChI=1S/C22H27FN2O/c1-18(20-7-9-21(23)10-8-20)17-22(26)25-15-13-24(14-16-25)12-11-19-5-3-2-4-6-19/h2-10,18H,11-17H2,1H3. The van der Waals surface area contributed by atoms with Crippen molar-refractivity contribution < 1.29 is 9.18 Å². The van der Waals surface area contributed by atoms with Gasteiger partial charge in [0.25, 0.3) is 0 Å². The third-order valence-electron chi connectivity index (χ3n) is 5.20. The summed E-state index contributed by atoms with van der Waals surface area (Å²) in [4.78, 5) is 17.0. The fourth-order valence-electron chi connectivity index (χ4n) is 3.45. The lowest BCUT2D eigenvalue weighted by Gasteiger charge is -2.35. The fraction of sp³-hybridized carbons (Fsp3) is 0.409. The Balaban J connectivity index is 1.42. The predicted octanol–water partition coefficient (Wildman–Crippen LogP) is 3.71. The highest BCUT2D eigenvalue weighted by molar-refractivity contribution is 5.77. The quantitative estimate of drug-likeness (QED) is 0.790. The van der Waals surface area contributed by atoms with Crippen LogP contribution >= 0.6 is 0 Å². The van der Waals surface area contributed by atoms with Gasteiger partial charge in [0, 0.05) is 39.1 Å². The van der Waals surface area contributed by atoms with Crippen LogP contribution in [-0.4, -0.2) is 48.4 Å². The molecule has 2 aromatic carbocycles. The first kappa shape index (κ1) is 18.6. The molecule has 138 valence electrons. The molecular weight excluding hydrogens is 327 g/mol. The van der Waals surface area contributed by atoms with Gasteiger partial charge >= 0.3 is 0 Å². The minimum absolute atomic E-state index is 0.110. The molecular formula is C22H27FN2O. The summed E-state index contributed by atoms with van der Waals surface area (Å²) in [5.41, 5.74) is 2.38. The number of piperazine rings is 1. The molecule has 3 rings (SSSR count). The summed E-state index contributed by atoms with van der Waals surface area (Å²) in [5.74, 6) is 0.0719. The average Bonchev–Trinajstić information content (AvgIpc) is 2.68. The van der Waals surface area contributed by atoms with Gasteiger partial charge < -0.3 is 4.90 Å². The topological polar surface area (TPSA) is 23.6 Å². The van der Waals surface area contributed by atoms with Crippen molar-refractivity contribution in [3.63, 3.8) is 0 Å². The number of amides is 1. The van der Waals surface area contributed by atoms with Crippen LogP contribution in [-0.2, 0) is 11.2 Å². The number of hydrogen-bond donors (Lipinski definition) is 0. The van der Waals surface area contributed by atoms with Gasteiger partial charge in [0.15, 0.2) is 0 Å². The molecule has 1 fully saturated rings. The van der Waals surface area contributed by atoms with Gasteiger partial charge in [-0.2, -0.15) is 0 Å². The smallest absolute Gasteiger partial charge is 0.223 e. The van der Waals surface area contributed by atoms with E-state index in [1.165, 1.54) is 17.7 Å². The summed E-state index contributed by atoms with van der Waals surface area (Å²) in [7, 11) is 0. The Morgan fingerprint density at radius 1 is 1.00 bits per heavy atom. The Hall–Kier alpha value is -2.20. The molecule has 0 N–H and O–H groups in total. The van der Waals surface area contributed by atoms with Crippen LogP contribution in [0.15, 0.2) is 54.6 Å².